The van der Waals surface area contributed by atoms with Gasteiger partial charge in [0.2, 0.25) is 0 Å². The molecular weight excluding hydrogens is 328 g/mol. The summed E-state index contributed by atoms with van der Waals surface area (Å²) in [4.78, 5) is 11.4. The minimum absolute atomic E-state index is 0.0484. The van der Waals surface area contributed by atoms with Crippen LogP contribution in [0.25, 0.3) is 0 Å². The molecule has 0 saturated carbocycles. The van der Waals surface area contributed by atoms with Gasteiger partial charge >= 0.3 is 5.97 Å². The average molecular weight is 341 g/mol. The van der Waals surface area contributed by atoms with Crippen LogP contribution in [0, 0.1) is 0 Å². The van der Waals surface area contributed by atoms with Gasteiger partial charge in [0.15, 0.2) is 0 Å². The van der Waals surface area contributed by atoms with Gasteiger partial charge in [-0.05, 0) is 17.7 Å². The first-order chi connectivity index (χ1) is 10.4. The van der Waals surface area contributed by atoms with Crippen LogP contribution >= 0.6 is 10.7 Å². The number of hydrogen-bond acceptors (Lipinski definition) is 5. The zero-order valence-electron chi connectivity index (χ0n) is 11.7. The zero-order chi connectivity index (χ0) is 16.2. The van der Waals surface area contributed by atoms with Crippen LogP contribution in [-0.2, 0) is 20.4 Å². The van der Waals surface area contributed by atoms with Crippen LogP contribution < -0.4 is 4.74 Å². The third-order valence-corrected chi connectivity index (χ3v) is 4.16. The molecule has 0 unspecified atom stereocenters. The molecule has 2 aromatic carbocycles. The van der Waals surface area contributed by atoms with Gasteiger partial charge in [-0.3, -0.25) is 0 Å². The molecule has 0 radical (unpaired) electrons. The van der Waals surface area contributed by atoms with Gasteiger partial charge in [0.05, 0.1) is 17.6 Å². The molecule has 116 valence electrons. The highest BCUT2D eigenvalue weighted by Crippen LogP contribution is 2.24. The molecule has 5 nitrogen and oxygen atoms in total. The van der Waals surface area contributed by atoms with E-state index in [1.807, 2.05) is 30.3 Å². The Morgan fingerprint density at radius 2 is 1.82 bits per heavy atom. The number of carbonyl (C=O) groups excluding carboxylic acids is 1. The molecule has 22 heavy (non-hydrogen) atoms. The lowest BCUT2D eigenvalue weighted by molar-refractivity contribution is 0.0600. The molecule has 0 spiro atoms. The summed E-state index contributed by atoms with van der Waals surface area (Å²) >= 11 is 0. The van der Waals surface area contributed by atoms with E-state index in [2.05, 4.69) is 4.74 Å². The van der Waals surface area contributed by atoms with Crippen LogP contribution in [0.2, 0.25) is 0 Å². The van der Waals surface area contributed by atoms with Gasteiger partial charge < -0.3 is 9.47 Å². The summed E-state index contributed by atoms with van der Waals surface area (Å²) in [5, 5.41) is 0. The molecule has 2 rings (SSSR count). The van der Waals surface area contributed by atoms with Gasteiger partial charge in [-0.15, -0.1) is 0 Å². The van der Waals surface area contributed by atoms with Crippen LogP contribution in [0.3, 0.4) is 0 Å². The molecule has 0 saturated heterocycles. The molecule has 0 amide bonds. The molecule has 0 fully saturated rings. The van der Waals surface area contributed by atoms with Gasteiger partial charge in [-0.25, -0.2) is 13.2 Å². The second-order valence-electron chi connectivity index (χ2n) is 4.40. The minimum Gasteiger partial charge on any atom is -0.489 e. The van der Waals surface area contributed by atoms with Crippen LogP contribution in [0.15, 0.2) is 53.4 Å². The van der Waals surface area contributed by atoms with Gasteiger partial charge in [-0.2, -0.15) is 0 Å². The normalized spacial score (nSPS) is 11.0. The molecule has 7 heteroatoms. The maximum atomic E-state index is 11.6. The highest BCUT2D eigenvalue weighted by molar-refractivity contribution is 8.13. The first kappa shape index (κ1) is 16.3. The first-order valence-corrected chi connectivity index (χ1v) is 8.56. The molecule has 2 aromatic rings. The summed E-state index contributed by atoms with van der Waals surface area (Å²) in [5.74, 6) is -0.460. The third kappa shape index (κ3) is 4.22. The number of methoxy groups -OCH3 is 1. The summed E-state index contributed by atoms with van der Waals surface area (Å²) in [6.07, 6.45) is 0. The molecule has 0 aliphatic carbocycles. The van der Waals surface area contributed by atoms with E-state index in [9.17, 15) is 13.2 Å². The van der Waals surface area contributed by atoms with Crippen molar-refractivity contribution in [3.8, 4) is 5.75 Å². The van der Waals surface area contributed by atoms with Gasteiger partial charge in [0.25, 0.3) is 9.05 Å². The van der Waals surface area contributed by atoms with Gasteiger partial charge in [-0.1, -0.05) is 30.3 Å². The average Bonchev–Trinajstić information content (AvgIpc) is 2.52. The minimum atomic E-state index is -3.99. The molecule has 0 atom stereocenters. The van der Waals surface area contributed by atoms with E-state index in [4.69, 9.17) is 15.4 Å². The topological polar surface area (TPSA) is 69.7 Å². The lowest BCUT2D eigenvalue weighted by Crippen LogP contribution is -2.05. The molecule has 0 aliphatic rings. The van der Waals surface area contributed by atoms with Crippen molar-refractivity contribution in [2.75, 3.05) is 7.11 Å². The monoisotopic (exact) mass is 340 g/mol. The quantitative estimate of drug-likeness (QED) is 0.618. The summed E-state index contributed by atoms with van der Waals surface area (Å²) in [6.45, 7) is 0.229. The largest absolute Gasteiger partial charge is 0.489 e. The summed E-state index contributed by atoms with van der Waals surface area (Å²) in [5.41, 5.74) is 0.952. The SMILES string of the molecule is COC(=O)c1cc(OCc2ccccc2)cc(S(=O)(=O)Cl)c1. The van der Waals surface area contributed by atoms with Crippen LogP contribution in [-0.4, -0.2) is 21.5 Å². The number of carbonyl (C=O) groups is 1. The zero-order valence-corrected chi connectivity index (χ0v) is 13.2. The van der Waals surface area contributed by atoms with Crippen LogP contribution in [0.1, 0.15) is 15.9 Å². The molecule has 0 bridgehead atoms. The Hall–Kier alpha value is -2.05. The van der Waals surface area contributed by atoms with Crippen molar-refractivity contribution >= 4 is 25.7 Å². The van der Waals surface area contributed by atoms with E-state index in [0.29, 0.717) is 0 Å². The first-order valence-electron chi connectivity index (χ1n) is 6.25. The fraction of sp³-hybridized carbons (Fsp3) is 0.133. The fourth-order valence-corrected chi connectivity index (χ4v) is 2.56. The Labute approximate surface area is 132 Å². The highest BCUT2D eigenvalue weighted by atomic mass is 35.7. The Bertz CT molecular complexity index is 772. The van der Waals surface area contributed by atoms with Crippen molar-refractivity contribution in [2.45, 2.75) is 11.5 Å². The number of ether oxygens (including phenoxy) is 2. The predicted octanol–water partition coefficient (Wildman–Crippen LogP) is 2.98. The van der Waals surface area contributed by atoms with Crippen molar-refractivity contribution in [3.63, 3.8) is 0 Å². The summed E-state index contributed by atoms with van der Waals surface area (Å²) < 4.78 is 33.1. The van der Waals surface area contributed by atoms with Crippen LogP contribution in [0.5, 0.6) is 5.75 Å². The molecule has 0 heterocycles. The standard InChI is InChI=1S/C15H13ClO5S/c1-20-15(17)12-7-13(9-14(8-12)22(16,18)19)21-10-11-5-3-2-4-6-11/h2-9H,10H2,1H3. The Morgan fingerprint density at radius 1 is 1.14 bits per heavy atom. The fourth-order valence-electron chi connectivity index (χ4n) is 1.77. The molecule has 0 aliphatic heterocycles. The molecule has 0 N–H and O–H groups in total. The molecular formula is C15H13ClO5S. The van der Waals surface area contributed by atoms with Crippen LogP contribution in [0.4, 0.5) is 0 Å². The number of benzene rings is 2. The van der Waals surface area contributed by atoms with Crippen molar-refractivity contribution in [2.24, 2.45) is 0 Å². The Morgan fingerprint density at radius 3 is 2.41 bits per heavy atom. The van der Waals surface area contributed by atoms with E-state index in [-0.39, 0.29) is 22.8 Å². The Balaban J connectivity index is 2.32. The lowest BCUT2D eigenvalue weighted by atomic mass is 10.2. The Kier molecular flexibility index (Phi) is 5.05. The van der Waals surface area contributed by atoms with E-state index >= 15 is 0 Å². The molecule has 0 aromatic heterocycles. The van der Waals surface area contributed by atoms with Crippen molar-refractivity contribution in [3.05, 3.63) is 59.7 Å². The van der Waals surface area contributed by atoms with Crippen molar-refractivity contribution in [1.29, 1.82) is 0 Å². The third-order valence-electron chi connectivity index (χ3n) is 2.83. The summed E-state index contributed by atoms with van der Waals surface area (Å²) in [7, 11) is 2.55. The predicted molar refractivity (Wildman–Crippen MR) is 81.6 cm³/mol. The van der Waals surface area contributed by atoms with Gasteiger partial charge in [0.1, 0.15) is 12.4 Å². The smallest absolute Gasteiger partial charge is 0.338 e. The second-order valence-corrected chi connectivity index (χ2v) is 6.96. The van der Waals surface area contributed by atoms with Gasteiger partial charge in [0, 0.05) is 16.7 Å². The van der Waals surface area contributed by atoms with E-state index in [1.165, 1.54) is 19.2 Å². The maximum absolute atomic E-state index is 11.6. The lowest BCUT2D eigenvalue weighted by Gasteiger charge is -2.09. The number of rotatable bonds is 5. The van der Waals surface area contributed by atoms with E-state index < -0.39 is 15.0 Å². The number of halogens is 1. The highest BCUT2D eigenvalue weighted by Gasteiger charge is 2.17. The maximum Gasteiger partial charge on any atom is 0.338 e. The summed E-state index contributed by atoms with van der Waals surface area (Å²) in [6, 6.07) is 13.1. The second kappa shape index (κ2) is 6.81. The van der Waals surface area contributed by atoms with E-state index in [1.54, 1.807) is 0 Å². The number of hydrogen-bond donors (Lipinski definition) is 0. The van der Waals surface area contributed by atoms with Crippen molar-refractivity contribution in [1.82, 2.24) is 0 Å². The number of esters is 1. The van der Waals surface area contributed by atoms with E-state index in [0.717, 1.165) is 11.6 Å². The van der Waals surface area contributed by atoms with Crippen molar-refractivity contribution < 1.29 is 22.7 Å².